The van der Waals surface area contributed by atoms with Crippen LogP contribution in [0.15, 0.2) is 54.6 Å². The molecule has 0 bridgehead atoms. The zero-order valence-corrected chi connectivity index (χ0v) is 19.5. The van der Waals surface area contributed by atoms with Crippen molar-refractivity contribution in [2.45, 2.75) is 0 Å². The van der Waals surface area contributed by atoms with Crippen LogP contribution in [-0.2, 0) is 28.4 Å². The highest BCUT2D eigenvalue weighted by atomic mass is 16.6. The molecule has 0 radical (unpaired) electrons. The minimum absolute atomic E-state index is 0.208. The first-order valence-corrected chi connectivity index (χ1v) is 11.3. The molecule has 0 saturated heterocycles. The minimum Gasteiger partial charge on any atom is -0.491 e. The van der Waals surface area contributed by atoms with Crippen LogP contribution in [0.25, 0.3) is 0 Å². The van der Waals surface area contributed by atoms with Gasteiger partial charge in [-0.3, -0.25) is 0 Å². The SMILES string of the molecule is Nc1ccc(OCCOCCOCCOCCOCCOCCOC(=O)c2ccccc2)cc1. The fraction of sp³-hybridized carbons (Fsp3) is 0.480. The number of benzene rings is 2. The summed E-state index contributed by atoms with van der Waals surface area (Å²) in [6, 6.07) is 16.1. The Balaban J connectivity index is 1.24. The first kappa shape index (κ1) is 27.6. The van der Waals surface area contributed by atoms with Gasteiger partial charge in [0, 0.05) is 5.69 Å². The van der Waals surface area contributed by atoms with E-state index >= 15 is 0 Å². The highest BCUT2D eigenvalue weighted by Gasteiger charge is 2.05. The second kappa shape index (κ2) is 18.7. The third-order valence-electron chi connectivity index (χ3n) is 4.33. The molecular formula is C25H35NO8. The first-order valence-electron chi connectivity index (χ1n) is 11.3. The van der Waals surface area contributed by atoms with Crippen molar-refractivity contribution in [2.75, 3.05) is 85.0 Å². The van der Waals surface area contributed by atoms with Gasteiger partial charge in [-0.15, -0.1) is 0 Å². The molecule has 9 nitrogen and oxygen atoms in total. The van der Waals surface area contributed by atoms with Crippen LogP contribution in [0.3, 0.4) is 0 Å². The van der Waals surface area contributed by atoms with Crippen molar-refractivity contribution in [2.24, 2.45) is 0 Å². The van der Waals surface area contributed by atoms with Gasteiger partial charge < -0.3 is 38.9 Å². The summed E-state index contributed by atoms with van der Waals surface area (Å²) >= 11 is 0. The van der Waals surface area contributed by atoms with Crippen LogP contribution in [0, 0.1) is 0 Å². The third kappa shape index (κ3) is 13.8. The topological polar surface area (TPSA) is 108 Å². The van der Waals surface area contributed by atoms with E-state index in [0.29, 0.717) is 83.9 Å². The van der Waals surface area contributed by atoms with Gasteiger partial charge in [0.1, 0.15) is 19.0 Å². The van der Waals surface area contributed by atoms with E-state index in [9.17, 15) is 4.79 Å². The van der Waals surface area contributed by atoms with E-state index in [0.717, 1.165) is 5.75 Å². The van der Waals surface area contributed by atoms with Gasteiger partial charge in [-0.25, -0.2) is 4.79 Å². The largest absolute Gasteiger partial charge is 0.491 e. The number of hydrogen-bond acceptors (Lipinski definition) is 9. The van der Waals surface area contributed by atoms with Gasteiger partial charge in [-0.05, 0) is 36.4 Å². The number of rotatable bonds is 20. The lowest BCUT2D eigenvalue weighted by atomic mass is 10.2. The number of hydrogen-bond donors (Lipinski definition) is 1. The predicted molar refractivity (Wildman–Crippen MR) is 127 cm³/mol. The van der Waals surface area contributed by atoms with Crippen LogP contribution in [-0.4, -0.2) is 85.3 Å². The fourth-order valence-electron chi connectivity index (χ4n) is 2.62. The van der Waals surface area contributed by atoms with E-state index in [1.807, 2.05) is 18.2 Å². The zero-order chi connectivity index (χ0) is 24.1. The molecule has 2 aromatic rings. The molecule has 2 rings (SSSR count). The monoisotopic (exact) mass is 477 g/mol. The van der Waals surface area contributed by atoms with Crippen LogP contribution >= 0.6 is 0 Å². The average Bonchev–Trinajstić information content (AvgIpc) is 2.87. The van der Waals surface area contributed by atoms with Crippen LogP contribution in [0.5, 0.6) is 5.75 Å². The van der Waals surface area contributed by atoms with Crippen LogP contribution in [0.1, 0.15) is 10.4 Å². The molecule has 9 heteroatoms. The van der Waals surface area contributed by atoms with Crippen LogP contribution in [0.2, 0.25) is 0 Å². The van der Waals surface area contributed by atoms with Gasteiger partial charge in [-0.2, -0.15) is 0 Å². The Morgan fingerprint density at radius 3 is 1.50 bits per heavy atom. The van der Waals surface area contributed by atoms with Gasteiger partial charge in [0.05, 0.1) is 71.6 Å². The highest BCUT2D eigenvalue weighted by molar-refractivity contribution is 5.89. The molecule has 0 spiro atoms. The third-order valence-corrected chi connectivity index (χ3v) is 4.33. The number of carbonyl (C=O) groups is 1. The smallest absolute Gasteiger partial charge is 0.338 e. The normalized spacial score (nSPS) is 10.8. The Kier molecular flexibility index (Phi) is 15.2. The lowest BCUT2D eigenvalue weighted by Crippen LogP contribution is -2.15. The van der Waals surface area contributed by atoms with Crippen molar-refractivity contribution in [3.63, 3.8) is 0 Å². The maximum Gasteiger partial charge on any atom is 0.338 e. The summed E-state index contributed by atoms with van der Waals surface area (Å²) in [5, 5.41) is 0. The Bertz CT molecular complexity index is 757. The van der Waals surface area contributed by atoms with E-state index in [1.54, 1.807) is 36.4 Å². The maximum atomic E-state index is 11.7. The zero-order valence-electron chi connectivity index (χ0n) is 19.5. The summed E-state index contributed by atoms with van der Waals surface area (Å²) in [6.45, 7) is 5.32. The molecule has 0 aliphatic rings. The van der Waals surface area contributed by atoms with Crippen molar-refractivity contribution < 1.29 is 38.0 Å². The Labute approximate surface area is 201 Å². The van der Waals surface area contributed by atoms with Gasteiger partial charge in [-0.1, -0.05) is 18.2 Å². The van der Waals surface area contributed by atoms with E-state index in [1.165, 1.54) is 0 Å². The predicted octanol–water partition coefficient (Wildman–Crippen LogP) is 2.59. The molecule has 0 fully saturated rings. The molecule has 0 heterocycles. The van der Waals surface area contributed by atoms with Crippen molar-refractivity contribution in [3.05, 3.63) is 60.2 Å². The first-order chi connectivity index (χ1) is 16.8. The summed E-state index contributed by atoms with van der Waals surface area (Å²) in [6.07, 6.45) is 0. The van der Waals surface area contributed by atoms with Crippen molar-refractivity contribution >= 4 is 11.7 Å². The molecular weight excluding hydrogens is 442 g/mol. The minimum atomic E-state index is -0.353. The summed E-state index contributed by atoms with van der Waals surface area (Å²) < 4.78 is 37.7. The summed E-state index contributed by atoms with van der Waals surface area (Å²) in [5.74, 6) is 0.415. The highest BCUT2D eigenvalue weighted by Crippen LogP contribution is 2.12. The van der Waals surface area contributed by atoms with Crippen LogP contribution < -0.4 is 10.5 Å². The van der Waals surface area contributed by atoms with E-state index < -0.39 is 0 Å². The molecule has 0 aliphatic carbocycles. The van der Waals surface area contributed by atoms with Gasteiger partial charge in [0.25, 0.3) is 0 Å². The van der Waals surface area contributed by atoms with Gasteiger partial charge >= 0.3 is 5.97 Å². The number of carbonyl (C=O) groups excluding carboxylic acids is 1. The number of anilines is 1. The number of nitrogens with two attached hydrogens (primary N) is 1. The lowest BCUT2D eigenvalue weighted by Gasteiger charge is -2.09. The van der Waals surface area contributed by atoms with E-state index in [2.05, 4.69) is 0 Å². The summed E-state index contributed by atoms with van der Waals surface area (Å²) in [4.78, 5) is 11.7. The van der Waals surface area contributed by atoms with E-state index in [4.69, 9.17) is 38.9 Å². The van der Waals surface area contributed by atoms with E-state index in [-0.39, 0.29) is 12.6 Å². The summed E-state index contributed by atoms with van der Waals surface area (Å²) in [7, 11) is 0. The van der Waals surface area contributed by atoms with Crippen molar-refractivity contribution in [1.29, 1.82) is 0 Å². The molecule has 0 saturated carbocycles. The molecule has 0 atom stereocenters. The molecule has 0 amide bonds. The maximum absolute atomic E-state index is 11.7. The standard InChI is InChI=1S/C25H35NO8/c26-23-6-8-24(9-7-23)33-20-18-31-16-14-29-12-10-28-11-13-30-15-17-32-19-21-34-25(27)22-4-2-1-3-5-22/h1-9H,10-21,26H2. The molecule has 0 aliphatic heterocycles. The fourth-order valence-corrected chi connectivity index (χ4v) is 2.62. The van der Waals surface area contributed by atoms with Crippen molar-refractivity contribution in [3.8, 4) is 5.75 Å². The van der Waals surface area contributed by atoms with Crippen molar-refractivity contribution in [1.82, 2.24) is 0 Å². The van der Waals surface area contributed by atoms with Crippen LogP contribution in [0.4, 0.5) is 5.69 Å². The Morgan fingerprint density at radius 1 is 0.559 bits per heavy atom. The Morgan fingerprint density at radius 2 is 1.00 bits per heavy atom. The van der Waals surface area contributed by atoms with Gasteiger partial charge in [0.15, 0.2) is 0 Å². The summed E-state index contributed by atoms with van der Waals surface area (Å²) in [5.41, 5.74) is 6.86. The molecule has 2 aromatic carbocycles. The second-order valence-corrected chi connectivity index (χ2v) is 6.98. The molecule has 34 heavy (non-hydrogen) atoms. The number of esters is 1. The molecule has 0 unspecified atom stereocenters. The Hall–Kier alpha value is -2.69. The average molecular weight is 478 g/mol. The molecule has 188 valence electrons. The quantitative estimate of drug-likeness (QED) is 0.175. The van der Waals surface area contributed by atoms with Gasteiger partial charge in [0.2, 0.25) is 0 Å². The molecule has 2 N–H and O–H groups in total. The number of ether oxygens (including phenoxy) is 7. The second-order valence-electron chi connectivity index (χ2n) is 6.98. The molecule has 0 aromatic heterocycles. The lowest BCUT2D eigenvalue weighted by molar-refractivity contribution is -0.0163. The number of nitrogen functional groups attached to an aromatic ring is 1.